The van der Waals surface area contributed by atoms with Crippen molar-refractivity contribution in [1.29, 1.82) is 0 Å². The molecule has 21 heavy (non-hydrogen) atoms. The quantitative estimate of drug-likeness (QED) is 0.828. The van der Waals surface area contributed by atoms with Gasteiger partial charge in [-0.3, -0.25) is 4.79 Å². The highest BCUT2D eigenvalue weighted by atomic mass is 16.7. The Morgan fingerprint density at radius 2 is 2.38 bits per heavy atom. The number of aromatic nitrogens is 2. The lowest BCUT2D eigenvalue weighted by Gasteiger charge is -2.16. The summed E-state index contributed by atoms with van der Waals surface area (Å²) in [7, 11) is 0. The fourth-order valence-electron chi connectivity index (χ4n) is 2.51. The van der Waals surface area contributed by atoms with Crippen LogP contribution in [0.25, 0.3) is 0 Å². The number of ether oxygens (including phenoxy) is 2. The van der Waals surface area contributed by atoms with E-state index in [2.05, 4.69) is 20.8 Å². The lowest BCUT2D eigenvalue weighted by molar-refractivity contribution is -0.137. The Kier molecular flexibility index (Phi) is 3.92. The summed E-state index contributed by atoms with van der Waals surface area (Å²) in [6.45, 7) is 5.43. The first-order chi connectivity index (χ1) is 10.0. The maximum absolute atomic E-state index is 12.0. The lowest BCUT2D eigenvalue weighted by atomic mass is 10.2. The molecular weight excluding hydrogens is 276 g/mol. The molecule has 8 heteroatoms. The molecule has 2 saturated heterocycles. The van der Waals surface area contributed by atoms with Gasteiger partial charge in [0.25, 0.3) is 11.7 Å². The number of carbonyl (C=O) groups is 1. The summed E-state index contributed by atoms with van der Waals surface area (Å²) < 4.78 is 16.2. The summed E-state index contributed by atoms with van der Waals surface area (Å²) in [5.74, 6) is -0.435. The van der Waals surface area contributed by atoms with Gasteiger partial charge in [-0.25, -0.2) is 0 Å². The number of hydrogen-bond acceptors (Lipinski definition) is 7. The van der Waals surface area contributed by atoms with E-state index in [4.69, 9.17) is 14.0 Å². The zero-order valence-electron chi connectivity index (χ0n) is 12.2. The maximum Gasteiger partial charge on any atom is 0.292 e. The Bertz CT molecular complexity index is 510. The van der Waals surface area contributed by atoms with Crippen molar-refractivity contribution in [3.05, 3.63) is 11.7 Å². The molecule has 2 unspecified atom stereocenters. The molecule has 1 aromatic rings. The van der Waals surface area contributed by atoms with Crippen molar-refractivity contribution in [3.8, 4) is 0 Å². The van der Waals surface area contributed by atoms with Gasteiger partial charge in [-0.05, 0) is 33.2 Å². The molecule has 0 aromatic carbocycles. The molecule has 2 atom stereocenters. The second-order valence-corrected chi connectivity index (χ2v) is 5.77. The van der Waals surface area contributed by atoms with Crippen LogP contribution in [0.5, 0.6) is 0 Å². The number of hydrogen-bond donors (Lipinski definition) is 2. The predicted octanol–water partition coefficient (Wildman–Crippen LogP) is 0.375. The van der Waals surface area contributed by atoms with Gasteiger partial charge in [-0.2, -0.15) is 4.98 Å². The van der Waals surface area contributed by atoms with Crippen LogP contribution in [0.2, 0.25) is 0 Å². The topological polar surface area (TPSA) is 98.5 Å². The average Bonchev–Trinajstić information content (AvgIpc) is 3.15. The zero-order valence-corrected chi connectivity index (χ0v) is 12.2. The number of rotatable bonds is 4. The molecule has 2 aliphatic rings. The summed E-state index contributed by atoms with van der Waals surface area (Å²) in [6.07, 6.45) is 1.86. The molecule has 3 rings (SSSR count). The lowest BCUT2D eigenvalue weighted by Crippen LogP contribution is -2.35. The molecule has 1 aromatic heterocycles. The molecule has 0 aliphatic carbocycles. The van der Waals surface area contributed by atoms with Gasteiger partial charge < -0.3 is 24.6 Å². The monoisotopic (exact) mass is 296 g/mol. The summed E-state index contributed by atoms with van der Waals surface area (Å²) in [4.78, 5) is 16.1. The van der Waals surface area contributed by atoms with E-state index in [-0.39, 0.29) is 23.9 Å². The summed E-state index contributed by atoms with van der Waals surface area (Å²) in [6, 6.07) is 0.0615. The average molecular weight is 296 g/mol. The fraction of sp³-hybridized carbons (Fsp3) is 0.769. The largest absolute Gasteiger partial charge is 0.348 e. The van der Waals surface area contributed by atoms with Gasteiger partial charge in [-0.1, -0.05) is 5.16 Å². The van der Waals surface area contributed by atoms with E-state index in [9.17, 15) is 4.79 Å². The van der Waals surface area contributed by atoms with Crippen LogP contribution in [0, 0.1) is 0 Å². The van der Waals surface area contributed by atoms with E-state index >= 15 is 0 Å². The molecular formula is C13H20N4O4. The second kappa shape index (κ2) is 5.70. The summed E-state index contributed by atoms with van der Waals surface area (Å²) in [5.41, 5.74) is 0. The zero-order chi connectivity index (χ0) is 14.9. The standard InChI is InChI=1S/C13H20N4O4/c1-13(2)19-7-8(20-13)6-15-11(18)10-16-12(21-17-10)9-4-3-5-14-9/h8-9,14H,3-7H2,1-2H3,(H,15,18). The first-order valence-electron chi connectivity index (χ1n) is 7.20. The Morgan fingerprint density at radius 1 is 1.52 bits per heavy atom. The molecule has 0 saturated carbocycles. The Balaban J connectivity index is 1.51. The molecule has 8 nitrogen and oxygen atoms in total. The first-order valence-corrected chi connectivity index (χ1v) is 7.20. The Hall–Kier alpha value is -1.51. The minimum atomic E-state index is -0.594. The number of nitrogens with zero attached hydrogens (tertiary/aromatic N) is 2. The molecule has 3 heterocycles. The smallest absolute Gasteiger partial charge is 0.292 e. The summed E-state index contributed by atoms with van der Waals surface area (Å²) >= 11 is 0. The molecule has 116 valence electrons. The normalized spacial score (nSPS) is 27.9. The first kappa shape index (κ1) is 14.4. The number of carbonyl (C=O) groups excluding carboxylic acids is 1. The minimum absolute atomic E-state index is 0.0527. The van der Waals surface area contributed by atoms with Gasteiger partial charge in [0.05, 0.1) is 12.6 Å². The molecule has 2 fully saturated rings. The SMILES string of the molecule is CC1(C)OCC(CNC(=O)c2noc(C3CCCN3)n2)O1. The van der Waals surface area contributed by atoms with Crippen molar-refractivity contribution in [1.82, 2.24) is 20.8 Å². The molecule has 0 radical (unpaired) electrons. The van der Waals surface area contributed by atoms with Crippen LogP contribution in [0.1, 0.15) is 49.2 Å². The highest BCUT2D eigenvalue weighted by molar-refractivity contribution is 5.90. The van der Waals surface area contributed by atoms with Crippen molar-refractivity contribution in [2.75, 3.05) is 19.7 Å². The van der Waals surface area contributed by atoms with Gasteiger partial charge in [0.2, 0.25) is 5.89 Å². The van der Waals surface area contributed by atoms with Gasteiger partial charge in [0.1, 0.15) is 6.10 Å². The van der Waals surface area contributed by atoms with E-state index in [1.165, 1.54) is 0 Å². The van der Waals surface area contributed by atoms with Crippen LogP contribution in [-0.4, -0.2) is 47.6 Å². The van der Waals surface area contributed by atoms with Crippen LogP contribution in [-0.2, 0) is 9.47 Å². The van der Waals surface area contributed by atoms with Gasteiger partial charge in [0.15, 0.2) is 5.79 Å². The van der Waals surface area contributed by atoms with Crippen LogP contribution >= 0.6 is 0 Å². The maximum atomic E-state index is 12.0. The minimum Gasteiger partial charge on any atom is -0.348 e. The molecule has 0 bridgehead atoms. The van der Waals surface area contributed by atoms with Crippen molar-refractivity contribution >= 4 is 5.91 Å². The second-order valence-electron chi connectivity index (χ2n) is 5.77. The van der Waals surface area contributed by atoms with E-state index < -0.39 is 5.79 Å². The number of nitrogens with one attached hydrogen (secondary N) is 2. The van der Waals surface area contributed by atoms with Gasteiger partial charge in [-0.15, -0.1) is 0 Å². The molecule has 2 N–H and O–H groups in total. The molecule has 0 spiro atoms. The van der Waals surface area contributed by atoms with Gasteiger partial charge >= 0.3 is 0 Å². The fourth-order valence-corrected chi connectivity index (χ4v) is 2.51. The van der Waals surface area contributed by atoms with Crippen LogP contribution in [0.15, 0.2) is 4.52 Å². The van der Waals surface area contributed by atoms with Crippen molar-refractivity contribution in [2.45, 2.75) is 44.6 Å². The van der Waals surface area contributed by atoms with E-state index in [0.717, 1.165) is 19.4 Å². The third-order valence-corrected chi connectivity index (χ3v) is 3.56. The Labute approximate surface area is 122 Å². The summed E-state index contributed by atoms with van der Waals surface area (Å²) in [5, 5.41) is 9.70. The Morgan fingerprint density at radius 3 is 3.05 bits per heavy atom. The molecule has 2 aliphatic heterocycles. The van der Waals surface area contributed by atoms with Crippen molar-refractivity contribution in [3.63, 3.8) is 0 Å². The van der Waals surface area contributed by atoms with Crippen LogP contribution in [0.4, 0.5) is 0 Å². The molecule has 1 amide bonds. The van der Waals surface area contributed by atoms with E-state index in [1.807, 2.05) is 13.8 Å². The van der Waals surface area contributed by atoms with Crippen LogP contribution < -0.4 is 10.6 Å². The van der Waals surface area contributed by atoms with Crippen molar-refractivity contribution in [2.24, 2.45) is 0 Å². The van der Waals surface area contributed by atoms with E-state index in [1.54, 1.807) is 0 Å². The van der Waals surface area contributed by atoms with Crippen molar-refractivity contribution < 1.29 is 18.8 Å². The highest BCUT2D eigenvalue weighted by Gasteiger charge is 2.33. The highest BCUT2D eigenvalue weighted by Crippen LogP contribution is 2.22. The van der Waals surface area contributed by atoms with Crippen LogP contribution in [0.3, 0.4) is 0 Å². The predicted molar refractivity (Wildman–Crippen MR) is 71.5 cm³/mol. The third kappa shape index (κ3) is 3.39. The third-order valence-electron chi connectivity index (χ3n) is 3.56. The number of amides is 1. The van der Waals surface area contributed by atoms with E-state index in [0.29, 0.717) is 19.0 Å². The van der Waals surface area contributed by atoms with Gasteiger partial charge in [0, 0.05) is 6.54 Å².